The molecule has 19 heavy (non-hydrogen) atoms. The van der Waals surface area contributed by atoms with Gasteiger partial charge in [-0.1, -0.05) is 6.92 Å². The van der Waals surface area contributed by atoms with Crippen LogP contribution in [0.2, 0.25) is 0 Å². The number of ether oxygens (including phenoxy) is 1. The second-order valence-corrected chi connectivity index (χ2v) is 4.58. The maximum Gasteiger partial charge on any atom is 0.434 e. The predicted molar refractivity (Wildman–Crippen MR) is 67.0 cm³/mol. The summed E-state index contributed by atoms with van der Waals surface area (Å²) in [5, 5.41) is 0. The number of carbonyl (C=O) groups is 1. The molecule has 0 spiro atoms. The van der Waals surface area contributed by atoms with Gasteiger partial charge in [0, 0.05) is 4.47 Å². The molecule has 0 fully saturated rings. The summed E-state index contributed by atoms with van der Waals surface area (Å²) < 4.78 is 44.1. The Morgan fingerprint density at radius 1 is 1.37 bits per heavy atom. The van der Waals surface area contributed by atoms with Crippen LogP contribution in [-0.2, 0) is 17.3 Å². The average Bonchev–Trinajstić information content (AvgIpc) is 2.30. The predicted octanol–water partition coefficient (Wildman–Crippen LogP) is 3.91. The summed E-state index contributed by atoms with van der Waals surface area (Å²) in [6, 6.07) is 0. The monoisotopic (exact) mass is 339 g/mol. The number of carbonyl (C=O) groups excluding carboxylic acids is 1. The molecule has 0 bridgehead atoms. The molecular weight excluding hydrogens is 327 g/mol. The Kier molecular flexibility index (Phi) is 4.95. The highest BCUT2D eigenvalue weighted by Crippen LogP contribution is 2.36. The maximum absolute atomic E-state index is 13.0. The number of halogens is 4. The van der Waals surface area contributed by atoms with Gasteiger partial charge >= 0.3 is 12.1 Å². The molecule has 0 amide bonds. The van der Waals surface area contributed by atoms with E-state index in [-0.39, 0.29) is 24.3 Å². The number of esters is 1. The number of alkyl halides is 3. The van der Waals surface area contributed by atoms with Crippen LogP contribution in [-0.4, -0.2) is 17.6 Å². The molecule has 0 radical (unpaired) electrons. The summed E-state index contributed by atoms with van der Waals surface area (Å²) >= 11 is 3.17. The summed E-state index contributed by atoms with van der Waals surface area (Å²) in [6.45, 7) is 4.66. The Morgan fingerprint density at radius 2 is 1.95 bits per heavy atom. The molecule has 106 valence electrons. The summed E-state index contributed by atoms with van der Waals surface area (Å²) in [4.78, 5) is 15.3. The van der Waals surface area contributed by atoms with E-state index >= 15 is 0 Å². The molecule has 0 aliphatic rings. The second kappa shape index (κ2) is 5.90. The fourth-order valence-electron chi connectivity index (χ4n) is 1.70. The van der Waals surface area contributed by atoms with E-state index in [1.54, 1.807) is 6.92 Å². The highest BCUT2D eigenvalue weighted by atomic mass is 79.9. The van der Waals surface area contributed by atoms with E-state index in [0.29, 0.717) is 4.47 Å². The van der Waals surface area contributed by atoms with Crippen molar-refractivity contribution in [2.24, 2.45) is 0 Å². The van der Waals surface area contributed by atoms with Gasteiger partial charge in [-0.05, 0) is 41.8 Å². The minimum absolute atomic E-state index is 0.00474. The molecule has 0 N–H and O–H groups in total. The molecule has 1 rings (SSSR count). The van der Waals surface area contributed by atoms with Gasteiger partial charge in [0.15, 0.2) is 5.69 Å². The number of aryl methyl sites for hydroxylation is 1. The number of hydrogen-bond acceptors (Lipinski definition) is 3. The van der Waals surface area contributed by atoms with Crippen molar-refractivity contribution in [2.45, 2.75) is 33.4 Å². The number of hydrogen-bond donors (Lipinski definition) is 0. The van der Waals surface area contributed by atoms with Crippen molar-refractivity contribution >= 4 is 21.9 Å². The number of nitrogens with zero attached hydrogens (tertiary/aromatic N) is 1. The molecule has 3 nitrogen and oxygen atoms in total. The first-order valence-electron chi connectivity index (χ1n) is 5.67. The topological polar surface area (TPSA) is 39.2 Å². The van der Waals surface area contributed by atoms with Gasteiger partial charge in [-0.25, -0.2) is 9.78 Å². The zero-order valence-corrected chi connectivity index (χ0v) is 12.3. The molecule has 0 aromatic carbocycles. The highest BCUT2D eigenvalue weighted by molar-refractivity contribution is 9.10. The molecule has 0 aliphatic heterocycles. The van der Waals surface area contributed by atoms with Gasteiger partial charge in [0.05, 0.1) is 17.9 Å². The normalized spacial score (nSPS) is 11.5. The fourth-order valence-corrected chi connectivity index (χ4v) is 2.27. The van der Waals surface area contributed by atoms with Gasteiger partial charge in [0.2, 0.25) is 0 Å². The first-order chi connectivity index (χ1) is 8.73. The van der Waals surface area contributed by atoms with Crippen molar-refractivity contribution < 1.29 is 22.7 Å². The standard InChI is InChI=1S/C12H13BrF3NO2/c1-4-7-8(11(18)19-5-2)10(12(14,15)16)17-6(3)9(7)13/h4-5H2,1-3H3. The summed E-state index contributed by atoms with van der Waals surface area (Å²) in [6.07, 6.45) is -4.43. The smallest absolute Gasteiger partial charge is 0.434 e. The lowest BCUT2D eigenvalue weighted by molar-refractivity contribution is -0.141. The first-order valence-corrected chi connectivity index (χ1v) is 6.46. The minimum atomic E-state index is -4.70. The molecule has 0 atom stereocenters. The molecule has 1 aromatic rings. The third-order valence-corrected chi connectivity index (χ3v) is 3.55. The summed E-state index contributed by atoms with van der Waals surface area (Å²) in [5.41, 5.74) is -1.24. The second-order valence-electron chi connectivity index (χ2n) is 3.79. The minimum Gasteiger partial charge on any atom is -0.462 e. The van der Waals surface area contributed by atoms with Crippen LogP contribution in [0.4, 0.5) is 13.2 Å². The van der Waals surface area contributed by atoms with E-state index < -0.39 is 23.4 Å². The Balaban J connectivity index is 3.62. The molecule has 1 heterocycles. The Morgan fingerprint density at radius 3 is 2.37 bits per heavy atom. The molecule has 0 saturated heterocycles. The highest BCUT2D eigenvalue weighted by Gasteiger charge is 2.40. The van der Waals surface area contributed by atoms with Gasteiger partial charge < -0.3 is 4.74 Å². The summed E-state index contributed by atoms with van der Waals surface area (Å²) in [5.74, 6) is -1.00. The van der Waals surface area contributed by atoms with E-state index in [4.69, 9.17) is 4.74 Å². The average molecular weight is 340 g/mol. The lowest BCUT2D eigenvalue weighted by atomic mass is 10.0. The lowest BCUT2D eigenvalue weighted by Crippen LogP contribution is -2.21. The molecular formula is C12H13BrF3NO2. The maximum atomic E-state index is 13.0. The zero-order chi connectivity index (χ0) is 14.8. The van der Waals surface area contributed by atoms with Crippen molar-refractivity contribution in [2.75, 3.05) is 6.61 Å². The Hall–Kier alpha value is -1.11. The summed E-state index contributed by atoms with van der Waals surface area (Å²) in [7, 11) is 0. The molecule has 0 aliphatic carbocycles. The number of aromatic nitrogens is 1. The lowest BCUT2D eigenvalue weighted by Gasteiger charge is -2.17. The first kappa shape index (κ1) is 15.9. The SMILES string of the molecule is CCOC(=O)c1c(C(F)(F)F)nc(C)c(Br)c1CC. The van der Waals surface area contributed by atoms with E-state index in [1.165, 1.54) is 13.8 Å². The van der Waals surface area contributed by atoms with Crippen LogP contribution >= 0.6 is 15.9 Å². The third kappa shape index (κ3) is 3.26. The Labute approximate surface area is 117 Å². The van der Waals surface area contributed by atoms with Crippen LogP contribution in [0.15, 0.2) is 4.47 Å². The van der Waals surface area contributed by atoms with Crippen molar-refractivity contribution in [1.82, 2.24) is 4.98 Å². The van der Waals surface area contributed by atoms with Crippen molar-refractivity contribution in [3.05, 3.63) is 27.0 Å². The molecule has 1 aromatic heterocycles. The molecule has 0 saturated carbocycles. The van der Waals surface area contributed by atoms with Crippen LogP contribution < -0.4 is 0 Å². The van der Waals surface area contributed by atoms with Crippen LogP contribution in [0, 0.1) is 6.92 Å². The van der Waals surface area contributed by atoms with E-state index in [0.717, 1.165) is 0 Å². The number of rotatable bonds is 3. The third-order valence-electron chi connectivity index (χ3n) is 2.50. The van der Waals surface area contributed by atoms with Crippen LogP contribution in [0.25, 0.3) is 0 Å². The molecule has 7 heteroatoms. The largest absolute Gasteiger partial charge is 0.462 e. The zero-order valence-electron chi connectivity index (χ0n) is 10.7. The Bertz CT molecular complexity index is 501. The van der Waals surface area contributed by atoms with E-state index in [1.807, 2.05) is 0 Å². The van der Waals surface area contributed by atoms with Gasteiger partial charge in [0.25, 0.3) is 0 Å². The van der Waals surface area contributed by atoms with Gasteiger partial charge in [-0.2, -0.15) is 13.2 Å². The van der Waals surface area contributed by atoms with Crippen molar-refractivity contribution in [3.63, 3.8) is 0 Å². The van der Waals surface area contributed by atoms with Gasteiger partial charge in [-0.3, -0.25) is 0 Å². The van der Waals surface area contributed by atoms with Crippen molar-refractivity contribution in [1.29, 1.82) is 0 Å². The van der Waals surface area contributed by atoms with Crippen molar-refractivity contribution in [3.8, 4) is 0 Å². The fraction of sp³-hybridized carbons (Fsp3) is 0.500. The van der Waals surface area contributed by atoms with Gasteiger partial charge in [0.1, 0.15) is 0 Å². The molecule has 0 unspecified atom stereocenters. The van der Waals surface area contributed by atoms with E-state index in [9.17, 15) is 18.0 Å². The van der Waals surface area contributed by atoms with E-state index in [2.05, 4.69) is 20.9 Å². The van der Waals surface area contributed by atoms with Gasteiger partial charge in [-0.15, -0.1) is 0 Å². The van der Waals surface area contributed by atoms with Crippen LogP contribution in [0.5, 0.6) is 0 Å². The number of pyridine rings is 1. The quantitative estimate of drug-likeness (QED) is 0.783. The van der Waals surface area contributed by atoms with Crippen LogP contribution in [0.1, 0.15) is 41.2 Å². The van der Waals surface area contributed by atoms with Crippen LogP contribution in [0.3, 0.4) is 0 Å².